The van der Waals surface area contributed by atoms with E-state index in [2.05, 4.69) is 20.1 Å². The second kappa shape index (κ2) is 6.70. The van der Waals surface area contributed by atoms with Gasteiger partial charge in [0.2, 0.25) is 5.95 Å². The summed E-state index contributed by atoms with van der Waals surface area (Å²) in [5.74, 6) is 0.840. The minimum atomic E-state index is -0.176. The van der Waals surface area contributed by atoms with Crippen molar-refractivity contribution < 1.29 is 4.74 Å². The Morgan fingerprint density at radius 3 is 2.83 bits per heavy atom. The molecule has 5 rings (SSSR count). The van der Waals surface area contributed by atoms with Crippen LogP contribution in [0.4, 0.5) is 11.8 Å². The third kappa shape index (κ3) is 2.87. The Morgan fingerprint density at radius 2 is 2.10 bits per heavy atom. The highest BCUT2D eigenvalue weighted by atomic mass is 35.5. The van der Waals surface area contributed by atoms with Crippen molar-refractivity contribution in [1.29, 1.82) is 0 Å². The Labute approximate surface area is 171 Å². The van der Waals surface area contributed by atoms with E-state index in [9.17, 15) is 4.79 Å². The number of aromatic amines is 1. The van der Waals surface area contributed by atoms with Gasteiger partial charge < -0.3 is 15.4 Å². The van der Waals surface area contributed by atoms with Crippen LogP contribution in [-0.2, 0) is 11.8 Å². The summed E-state index contributed by atoms with van der Waals surface area (Å²) in [6.45, 7) is 3.39. The summed E-state index contributed by atoms with van der Waals surface area (Å²) in [6, 6.07) is 1.69. The van der Waals surface area contributed by atoms with Crippen molar-refractivity contribution in [1.82, 2.24) is 24.7 Å². The lowest BCUT2D eigenvalue weighted by atomic mass is 9.78. The van der Waals surface area contributed by atoms with Gasteiger partial charge in [-0.15, -0.1) is 0 Å². The van der Waals surface area contributed by atoms with Crippen molar-refractivity contribution in [2.24, 2.45) is 12.5 Å². The molecule has 3 aromatic rings. The van der Waals surface area contributed by atoms with Crippen LogP contribution in [0.25, 0.3) is 22.3 Å². The first kappa shape index (κ1) is 18.4. The summed E-state index contributed by atoms with van der Waals surface area (Å²) < 4.78 is 7.20. The lowest BCUT2D eigenvalue weighted by Crippen LogP contribution is -2.43. The Hall–Kier alpha value is -2.65. The number of halogens is 1. The molecule has 5 heterocycles. The molecular formula is C19H22ClN7O2. The van der Waals surface area contributed by atoms with Crippen molar-refractivity contribution in [3.05, 3.63) is 27.6 Å². The van der Waals surface area contributed by atoms with Gasteiger partial charge in [0.25, 0.3) is 5.56 Å². The van der Waals surface area contributed by atoms with Gasteiger partial charge in [-0.2, -0.15) is 10.1 Å². The van der Waals surface area contributed by atoms with Crippen LogP contribution in [0.15, 0.2) is 17.1 Å². The zero-order valence-electron chi connectivity index (χ0n) is 16.1. The summed E-state index contributed by atoms with van der Waals surface area (Å²) in [6.07, 6.45) is 4.74. The molecule has 0 bridgehead atoms. The van der Waals surface area contributed by atoms with Crippen LogP contribution in [0.2, 0.25) is 5.02 Å². The van der Waals surface area contributed by atoms with Crippen LogP contribution in [0.3, 0.4) is 0 Å². The first-order valence-corrected chi connectivity index (χ1v) is 10.1. The molecule has 2 aliphatic rings. The van der Waals surface area contributed by atoms with Crippen LogP contribution in [0.5, 0.6) is 0 Å². The summed E-state index contributed by atoms with van der Waals surface area (Å²) in [4.78, 5) is 24.1. The van der Waals surface area contributed by atoms with E-state index >= 15 is 0 Å². The molecule has 0 amide bonds. The molecule has 29 heavy (non-hydrogen) atoms. The largest absolute Gasteiger partial charge is 0.382 e. The van der Waals surface area contributed by atoms with Gasteiger partial charge in [-0.1, -0.05) is 11.6 Å². The van der Waals surface area contributed by atoms with E-state index in [1.165, 1.54) is 0 Å². The molecule has 2 aliphatic heterocycles. The van der Waals surface area contributed by atoms with Gasteiger partial charge in [-0.3, -0.25) is 14.5 Å². The molecule has 2 saturated heterocycles. The van der Waals surface area contributed by atoms with Crippen LogP contribution in [0, 0.1) is 5.41 Å². The van der Waals surface area contributed by atoms with Crippen molar-refractivity contribution in [2.75, 3.05) is 36.9 Å². The lowest BCUT2D eigenvalue weighted by molar-refractivity contribution is 0.133. The first-order valence-electron chi connectivity index (χ1n) is 9.67. The second-order valence-electron chi connectivity index (χ2n) is 7.92. The van der Waals surface area contributed by atoms with Crippen LogP contribution < -0.4 is 16.2 Å². The maximum absolute atomic E-state index is 13.2. The van der Waals surface area contributed by atoms with E-state index in [1.807, 2.05) is 0 Å². The number of nitrogens with two attached hydrogens (primary N) is 1. The first-order chi connectivity index (χ1) is 14.0. The molecular weight excluding hydrogens is 394 g/mol. The van der Waals surface area contributed by atoms with Gasteiger partial charge in [0.05, 0.1) is 11.6 Å². The number of nitrogens with one attached hydrogen (secondary N) is 1. The number of hydrogen-bond acceptors (Lipinski definition) is 7. The minimum Gasteiger partial charge on any atom is -0.382 e. The molecule has 0 saturated carbocycles. The van der Waals surface area contributed by atoms with E-state index in [1.54, 1.807) is 23.9 Å². The normalized spacial score (nSPS) is 18.8. The standard InChI is InChI=1S/C19H22ClN7O2/c1-26-17(28)12-14(11-2-6-22-15(21)13(11)20)24-25-16(12)23-18(26)27-7-3-19(4-8-27)5-9-29-10-19/h2,6H,3-5,7-10H2,1H3,(H2,21,22)(H,24,25). The van der Waals surface area contributed by atoms with Crippen molar-refractivity contribution in [3.63, 3.8) is 0 Å². The fraction of sp³-hybridized carbons (Fsp3) is 0.474. The lowest BCUT2D eigenvalue weighted by Gasteiger charge is -2.39. The fourth-order valence-electron chi connectivity index (χ4n) is 4.40. The Balaban J connectivity index is 1.54. The van der Waals surface area contributed by atoms with Crippen molar-refractivity contribution in [3.8, 4) is 11.3 Å². The molecule has 3 aromatic heterocycles. The van der Waals surface area contributed by atoms with E-state index < -0.39 is 0 Å². The average molecular weight is 416 g/mol. The van der Waals surface area contributed by atoms with Crippen molar-refractivity contribution >= 4 is 34.4 Å². The molecule has 2 fully saturated rings. The molecule has 3 N–H and O–H groups in total. The molecule has 0 atom stereocenters. The maximum atomic E-state index is 13.2. The topological polar surface area (TPSA) is 115 Å². The SMILES string of the molecule is Cn1c(N2CCC3(CCOC3)CC2)nc2[nH]nc(-c3ccnc(N)c3Cl)c2c1=O. The highest BCUT2D eigenvalue weighted by Crippen LogP contribution is 2.40. The average Bonchev–Trinajstić information content (AvgIpc) is 3.35. The summed E-state index contributed by atoms with van der Waals surface area (Å²) in [7, 11) is 1.74. The molecule has 9 nitrogen and oxygen atoms in total. The summed E-state index contributed by atoms with van der Waals surface area (Å²) in [5.41, 5.74) is 7.35. The van der Waals surface area contributed by atoms with Gasteiger partial charge in [0, 0.05) is 38.5 Å². The van der Waals surface area contributed by atoms with Gasteiger partial charge >= 0.3 is 0 Å². The third-order valence-electron chi connectivity index (χ3n) is 6.24. The van der Waals surface area contributed by atoms with E-state index in [4.69, 9.17) is 27.1 Å². The highest BCUT2D eigenvalue weighted by molar-refractivity contribution is 6.35. The van der Waals surface area contributed by atoms with Gasteiger partial charge in [-0.25, -0.2) is 4.98 Å². The number of hydrogen-bond donors (Lipinski definition) is 2. The molecule has 0 unspecified atom stereocenters. The predicted octanol–water partition coefficient (Wildman–Crippen LogP) is 1.96. The zero-order valence-corrected chi connectivity index (χ0v) is 16.9. The van der Waals surface area contributed by atoms with E-state index in [-0.39, 0.29) is 16.4 Å². The van der Waals surface area contributed by atoms with Gasteiger partial charge in [0.1, 0.15) is 16.9 Å². The Morgan fingerprint density at radius 1 is 1.31 bits per heavy atom. The number of aromatic nitrogens is 5. The predicted molar refractivity (Wildman–Crippen MR) is 111 cm³/mol. The van der Waals surface area contributed by atoms with Gasteiger partial charge in [-0.05, 0) is 30.7 Å². The quantitative estimate of drug-likeness (QED) is 0.657. The maximum Gasteiger partial charge on any atom is 0.266 e. The summed E-state index contributed by atoms with van der Waals surface area (Å²) >= 11 is 6.30. The van der Waals surface area contributed by atoms with E-state index in [0.717, 1.165) is 45.6 Å². The number of rotatable bonds is 2. The summed E-state index contributed by atoms with van der Waals surface area (Å²) in [5, 5.41) is 7.86. The molecule has 0 aromatic carbocycles. The Bertz CT molecular complexity index is 1140. The number of piperidine rings is 1. The smallest absolute Gasteiger partial charge is 0.266 e. The zero-order chi connectivity index (χ0) is 20.2. The number of anilines is 2. The molecule has 152 valence electrons. The van der Waals surface area contributed by atoms with Crippen LogP contribution in [-0.4, -0.2) is 51.0 Å². The molecule has 0 aliphatic carbocycles. The van der Waals surface area contributed by atoms with Gasteiger partial charge in [0.15, 0.2) is 5.65 Å². The van der Waals surface area contributed by atoms with Crippen LogP contribution >= 0.6 is 11.6 Å². The van der Waals surface area contributed by atoms with Crippen molar-refractivity contribution in [2.45, 2.75) is 19.3 Å². The third-order valence-corrected chi connectivity index (χ3v) is 6.64. The van der Waals surface area contributed by atoms with Crippen LogP contribution in [0.1, 0.15) is 19.3 Å². The number of nitrogens with zero attached hydrogens (tertiary/aromatic N) is 5. The molecule has 1 spiro atoms. The number of pyridine rings is 1. The molecule has 0 radical (unpaired) electrons. The number of ether oxygens (including phenoxy) is 1. The number of fused-ring (bicyclic) bond motifs is 1. The number of nitrogen functional groups attached to an aromatic ring is 1. The second-order valence-corrected chi connectivity index (χ2v) is 8.30. The Kier molecular flexibility index (Phi) is 4.25. The number of H-pyrrole nitrogens is 1. The monoisotopic (exact) mass is 415 g/mol. The highest BCUT2D eigenvalue weighted by Gasteiger charge is 2.38. The fourth-order valence-corrected chi connectivity index (χ4v) is 4.60. The minimum absolute atomic E-state index is 0.176. The van der Waals surface area contributed by atoms with E-state index in [0.29, 0.717) is 33.7 Å². The molecule has 10 heteroatoms.